The van der Waals surface area contributed by atoms with Crippen LogP contribution in [0.2, 0.25) is 0 Å². The maximum Gasteiger partial charge on any atom is 0.291 e. The highest BCUT2D eigenvalue weighted by molar-refractivity contribution is 5.85. The van der Waals surface area contributed by atoms with E-state index in [0.717, 1.165) is 25.7 Å². The summed E-state index contributed by atoms with van der Waals surface area (Å²) < 4.78 is 7.18. The molecule has 1 aliphatic rings. The van der Waals surface area contributed by atoms with Crippen LogP contribution in [0.4, 0.5) is 0 Å². The maximum absolute atomic E-state index is 12.4. The molecule has 0 saturated heterocycles. The summed E-state index contributed by atoms with van der Waals surface area (Å²) in [7, 11) is 7.41. The zero-order valence-electron chi connectivity index (χ0n) is 17.2. The van der Waals surface area contributed by atoms with Gasteiger partial charge in [-0.25, -0.2) is 18.3 Å². The number of aromatic nitrogens is 4. The molecule has 152 valence electrons. The Bertz CT molecular complexity index is 770. The summed E-state index contributed by atoms with van der Waals surface area (Å²) in [5, 5.41) is 24.8. The minimum Gasteiger partial charge on any atom is -0.853 e. The lowest BCUT2D eigenvalue weighted by Gasteiger charge is -2.27. The highest BCUT2D eigenvalue weighted by atomic mass is 16.3. The van der Waals surface area contributed by atoms with Gasteiger partial charge >= 0.3 is 0 Å². The first-order chi connectivity index (χ1) is 13.4. The normalized spacial score (nSPS) is 21.3. The fraction of sp³-hybridized carbons (Fsp3) is 0.600. The van der Waals surface area contributed by atoms with Crippen LogP contribution in [0, 0.1) is 11.8 Å². The van der Waals surface area contributed by atoms with Gasteiger partial charge in [0.25, 0.3) is 11.6 Å². The number of aryl methyl sites for hydroxylation is 4. The first-order valence-electron chi connectivity index (χ1n) is 9.82. The van der Waals surface area contributed by atoms with Gasteiger partial charge in [-0.05, 0) is 31.1 Å². The molecule has 0 bridgehead atoms. The summed E-state index contributed by atoms with van der Waals surface area (Å²) in [4.78, 5) is 8.64. The fourth-order valence-corrected chi connectivity index (χ4v) is 4.08. The van der Waals surface area contributed by atoms with Crippen LogP contribution >= 0.6 is 0 Å². The number of hydrogen-bond donors (Lipinski definition) is 0. The predicted molar refractivity (Wildman–Crippen MR) is 101 cm³/mol. The molecule has 8 heteroatoms. The summed E-state index contributed by atoms with van der Waals surface area (Å²) in [5.74, 6) is 1.59. The summed E-state index contributed by atoms with van der Waals surface area (Å²) in [6, 6.07) is 0. The monoisotopic (exact) mass is 386 g/mol. The van der Waals surface area contributed by atoms with Crippen molar-refractivity contribution in [3.05, 3.63) is 36.4 Å². The standard InChI is InChI=1S/C20H30N6O2/c1-23-8-9-24(2)19(23)17(27)21-13-15-6-5-7-16(12-15)14-22-18(28)20-25(3)10-11-26(20)4/h8-11,15-16H,5-7,12-14H2,1-4H3. The molecule has 0 amide bonds. The molecule has 0 spiro atoms. The first-order valence-corrected chi connectivity index (χ1v) is 9.82. The van der Waals surface area contributed by atoms with Gasteiger partial charge in [-0.2, -0.15) is 0 Å². The molecule has 0 aliphatic heterocycles. The molecule has 8 nitrogen and oxygen atoms in total. The number of imidazole rings is 2. The molecule has 3 rings (SSSR count). The Balaban J connectivity index is 1.58. The summed E-state index contributed by atoms with van der Waals surface area (Å²) >= 11 is 0. The Kier molecular flexibility index (Phi) is 6.16. The van der Waals surface area contributed by atoms with Crippen LogP contribution in [0.1, 0.15) is 37.3 Å². The van der Waals surface area contributed by atoms with Gasteiger partial charge < -0.3 is 10.2 Å². The van der Waals surface area contributed by atoms with Crippen LogP contribution in [-0.4, -0.2) is 34.0 Å². The van der Waals surface area contributed by atoms with E-state index in [-0.39, 0.29) is 11.8 Å². The molecule has 1 aliphatic carbocycles. The maximum atomic E-state index is 12.4. The second-order valence-electron chi connectivity index (χ2n) is 7.88. The van der Waals surface area contributed by atoms with Gasteiger partial charge in [-0.3, -0.25) is 9.98 Å². The second-order valence-corrected chi connectivity index (χ2v) is 7.88. The van der Waals surface area contributed by atoms with Gasteiger partial charge in [0.2, 0.25) is 0 Å². The molecule has 2 aromatic heterocycles. The van der Waals surface area contributed by atoms with Crippen LogP contribution < -0.4 is 19.3 Å². The Morgan fingerprint density at radius 1 is 0.929 bits per heavy atom. The SMILES string of the molecule is Cn1cc[n+](C)c1C([O-])=NCC1CCCC(CN=C([O-])c2n(C)cc[n+]2C)C1. The number of rotatable bonds is 6. The van der Waals surface area contributed by atoms with Crippen molar-refractivity contribution in [1.29, 1.82) is 0 Å². The lowest BCUT2D eigenvalue weighted by molar-refractivity contribution is -0.674. The Labute approximate surface area is 166 Å². The van der Waals surface area contributed by atoms with Crippen molar-refractivity contribution in [2.24, 2.45) is 50.0 Å². The topological polar surface area (TPSA) is 88.5 Å². The third kappa shape index (κ3) is 4.43. The molecular weight excluding hydrogens is 356 g/mol. The minimum atomic E-state index is -0.173. The average Bonchev–Trinajstić information content (AvgIpc) is 3.19. The third-order valence-electron chi connectivity index (χ3n) is 5.62. The van der Waals surface area contributed by atoms with Crippen LogP contribution in [0.25, 0.3) is 0 Å². The van der Waals surface area contributed by atoms with Gasteiger partial charge in [0.05, 0.1) is 40.0 Å². The van der Waals surface area contributed by atoms with E-state index >= 15 is 0 Å². The minimum absolute atomic E-state index is 0.173. The summed E-state index contributed by atoms with van der Waals surface area (Å²) in [5.41, 5.74) is 0. The Hall–Kier alpha value is -2.64. The molecular formula is C20H30N6O2. The third-order valence-corrected chi connectivity index (χ3v) is 5.62. The largest absolute Gasteiger partial charge is 0.853 e. The van der Waals surface area contributed by atoms with Crippen LogP contribution in [0.5, 0.6) is 0 Å². The van der Waals surface area contributed by atoms with Gasteiger partial charge in [-0.15, -0.1) is 0 Å². The van der Waals surface area contributed by atoms with Crippen molar-refractivity contribution >= 4 is 11.8 Å². The Morgan fingerprint density at radius 3 is 1.71 bits per heavy atom. The molecule has 2 heterocycles. The zero-order valence-corrected chi connectivity index (χ0v) is 17.2. The molecule has 0 radical (unpaired) electrons. The number of aliphatic imine (C=N–C) groups is 2. The smallest absolute Gasteiger partial charge is 0.291 e. The highest BCUT2D eigenvalue weighted by Gasteiger charge is 2.22. The van der Waals surface area contributed by atoms with Crippen molar-refractivity contribution < 1.29 is 19.3 Å². The van der Waals surface area contributed by atoms with Crippen LogP contribution in [0.3, 0.4) is 0 Å². The Morgan fingerprint density at radius 2 is 1.36 bits per heavy atom. The molecule has 2 unspecified atom stereocenters. The fourth-order valence-electron chi connectivity index (χ4n) is 4.08. The van der Waals surface area contributed by atoms with E-state index in [1.807, 2.05) is 53.0 Å². The van der Waals surface area contributed by atoms with Crippen molar-refractivity contribution in [2.45, 2.75) is 25.7 Å². The van der Waals surface area contributed by atoms with Crippen molar-refractivity contribution in [2.75, 3.05) is 13.1 Å². The zero-order chi connectivity index (χ0) is 20.3. The van der Waals surface area contributed by atoms with E-state index in [9.17, 15) is 10.2 Å². The highest BCUT2D eigenvalue weighted by Crippen LogP contribution is 2.29. The molecule has 0 N–H and O–H groups in total. The van der Waals surface area contributed by atoms with E-state index in [0.29, 0.717) is 36.6 Å². The van der Waals surface area contributed by atoms with Gasteiger partial charge in [0, 0.05) is 13.1 Å². The quantitative estimate of drug-likeness (QED) is 0.352. The summed E-state index contributed by atoms with van der Waals surface area (Å²) in [6.45, 7) is 1.09. The van der Waals surface area contributed by atoms with Gasteiger partial charge in [-0.1, -0.05) is 6.42 Å². The summed E-state index contributed by atoms with van der Waals surface area (Å²) in [6.07, 6.45) is 11.6. The lowest BCUT2D eigenvalue weighted by atomic mass is 9.81. The van der Waals surface area contributed by atoms with E-state index in [4.69, 9.17) is 0 Å². The average molecular weight is 387 g/mol. The van der Waals surface area contributed by atoms with Crippen LogP contribution in [-0.2, 0) is 28.2 Å². The van der Waals surface area contributed by atoms with Crippen LogP contribution in [0.15, 0.2) is 34.8 Å². The lowest BCUT2D eigenvalue weighted by Crippen LogP contribution is -2.40. The molecule has 1 saturated carbocycles. The van der Waals surface area contributed by atoms with E-state index in [1.54, 1.807) is 18.3 Å². The molecule has 0 aromatic carbocycles. The molecule has 28 heavy (non-hydrogen) atoms. The van der Waals surface area contributed by atoms with Crippen molar-refractivity contribution in [3.63, 3.8) is 0 Å². The first kappa shape index (κ1) is 20.1. The molecule has 2 aromatic rings. The molecule has 2 atom stereocenters. The number of hydrogen-bond acceptors (Lipinski definition) is 4. The predicted octanol–water partition coefficient (Wildman–Crippen LogP) is -1.27. The molecule has 1 fully saturated rings. The van der Waals surface area contributed by atoms with Gasteiger partial charge in [0.15, 0.2) is 0 Å². The number of nitrogens with zero attached hydrogens (tertiary/aromatic N) is 6. The van der Waals surface area contributed by atoms with Gasteiger partial charge in [0.1, 0.15) is 24.8 Å². The van der Waals surface area contributed by atoms with E-state index < -0.39 is 0 Å². The second kappa shape index (κ2) is 8.58. The van der Waals surface area contributed by atoms with Crippen molar-refractivity contribution in [3.8, 4) is 0 Å². The van der Waals surface area contributed by atoms with E-state index in [1.165, 1.54) is 0 Å². The van der Waals surface area contributed by atoms with E-state index in [2.05, 4.69) is 9.98 Å². The van der Waals surface area contributed by atoms with Crippen molar-refractivity contribution in [1.82, 2.24) is 9.13 Å².